The van der Waals surface area contributed by atoms with E-state index in [9.17, 15) is 4.79 Å². The molecule has 0 aliphatic carbocycles. The Morgan fingerprint density at radius 2 is 2.00 bits per heavy atom. The minimum atomic E-state index is -0.816. The summed E-state index contributed by atoms with van der Waals surface area (Å²) >= 11 is 0. The smallest absolute Gasteiger partial charge is 0.331 e. The molecular weight excluding hydrogens is 188 g/mol. The van der Waals surface area contributed by atoms with E-state index in [4.69, 9.17) is 5.11 Å². The second-order valence-electron chi connectivity index (χ2n) is 4.01. The quantitative estimate of drug-likeness (QED) is 0.394. The summed E-state index contributed by atoms with van der Waals surface area (Å²) in [5.74, 6) is -0.744. The van der Waals surface area contributed by atoms with Gasteiger partial charge in [0.1, 0.15) is 0 Å². The molecule has 15 heavy (non-hydrogen) atoms. The lowest BCUT2D eigenvalue weighted by atomic mass is 10.0. The zero-order valence-electron chi connectivity index (χ0n) is 9.99. The van der Waals surface area contributed by atoms with Crippen LogP contribution in [0, 0.1) is 5.92 Å². The number of aliphatic carboxylic acids is 1. The van der Waals surface area contributed by atoms with Crippen LogP contribution in [0.4, 0.5) is 0 Å². The number of carboxylic acid groups (broad SMARTS) is 1. The van der Waals surface area contributed by atoms with Crippen LogP contribution in [-0.2, 0) is 4.79 Å². The molecule has 0 aromatic rings. The van der Waals surface area contributed by atoms with Crippen molar-refractivity contribution in [3.63, 3.8) is 0 Å². The van der Waals surface area contributed by atoms with E-state index in [0.29, 0.717) is 5.57 Å². The van der Waals surface area contributed by atoms with E-state index in [1.165, 1.54) is 19.3 Å². The summed E-state index contributed by atoms with van der Waals surface area (Å²) in [6.45, 7) is 5.96. The third-order valence-corrected chi connectivity index (χ3v) is 2.26. The van der Waals surface area contributed by atoms with E-state index >= 15 is 0 Å². The van der Waals surface area contributed by atoms with Crippen molar-refractivity contribution >= 4 is 5.97 Å². The largest absolute Gasteiger partial charge is 0.478 e. The van der Waals surface area contributed by atoms with Crippen LogP contribution in [0.1, 0.15) is 46.5 Å². The number of unbranched alkanes of at least 4 members (excludes halogenated alkanes) is 3. The molecule has 0 fully saturated rings. The van der Waals surface area contributed by atoms with Crippen LogP contribution in [0.2, 0.25) is 0 Å². The number of allylic oxidation sites excluding steroid dienone is 3. The second-order valence-corrected chi connectivity index (χ2v) is 4.01. The molecule has 0 radical (unpaired) electrons. The van der Waals surface area contributed by atoms with Gasteiger partial charge in [0.25, 0.3) is 0 Å². The summed E-state index contributed by atoms with van der Waals surface area (Å²) < 4.78 is 0. The van der Waals surface area contributed by atoms with Gasteiger partial charge in [-0.2, -0.15) is 0 Å². The molecule has 0 heterocycles. The van der Waals surface area contributed by atoms with Gasteiger partial charge in [0.05, 0.1) is 0 Å². The number of carboxylic acids is 1. The molecule has 0 amide bonds. The Balaban J connectivity index is 4.04. The topological polar surface area (TPSA) is 37.3 Å². The Morgan fingerprint density at radius 3 is 2.47 bits per heavy atom. The van der Waals surface area contributed by atoms with Crippen molar-refractivity contribution in [3.8, 4) is 0 Å². The van der Waals surface area contributed by atoms with Gasteiger partial charge in [-0.05, 0) is 18.8 Å². The normalized spacial score (nSPS) is 12.7. The number of hydrogen-bond donors (Lipinski definition) is 1. The van der Waals surface area contributed by atoms with Crippen LogP contribution >= 0.6 is 0 Å². The van der Waals surface area contributed by atoms with Crippen molar-refractivity contribution in [2.75, 3.05) is 0 Å². The molecule has 86 valence electrons. The third kappa shape index (κ3) is 6.95. The Kier molecular flexibility index (Phi) is 7.69. The molecule has 0 saturated heterocycles. The highest BCUT2D eigenvalue weighted by molar-refractivity contribution is 5.87. The minimum Gasteiger partial charge on any atom is -0.478 e. The highest BCUT2D eigenvalue weighted by Gasteiger charge is 2.09. The standard InChI is InChI=1S/C13H22O2/c1-4-5-6-7-8-9-10-12(11(2)3)13(14)15/h8-11H,4-7H2,1-3H3,(H,14,15). The van der Waals surface area contributed by atoms with E-state index in [1.54, 1.807) is 6.08 Å². The lowest BCUT2D eigenvalue weighted by Crippen LogP contribution is -2.06. The van der Waals surface area contributed by atoms with Gasteiger partial charge < -0.3 is 5.11 Å². The zero-order chi connectivity index (χ0) is 11.7. The molecule has 0 rings (SSSR count). The minimum absolute atomic E-state index is 0.0720. The first kappa shape index (κ1) is 13.9. The molecule has 2 heteroatoms. The summed E-state index contributed by atoms with van der Waals surface area (Å²) in [5.41, 5.74) is 0.474. The third-order valence-electron chi connectivity index (χ3n) is 2.26. The maximum absolute atomic E-state index is 10.8. The fourth-order valence-corrected chi connectivity index (χ4v) is 1.29. The molecule has 1 N–H and O–H groups in total. The Morgan fingerprint density at radius 1 is 1.33 bits per heavy atom. The first-order valence-electron chi connectivity index (χ1n) is 5.69. The molecule has 0 atom stereocenters. The van der Waals surface area contributed by atoms with Gasteiger partial charge in [-0.15, -0.1) is 0 Å². The molecule has 0 aliphatic rings. The molecule has 0 unspecified atom stereocenters. The highest BCUT2D eigenvalue weighted by Crippen LogP contribution is 2.09. The molecule has 2 nitrogen and oxygen atoms in total. The van der Waals surface area contributed by atoms with Gasteiger partial charge in [-0.25, -0.2) is 4.79 Å². The van der Waals surface area contributed by atoms with Crippen molar-refractivity contribution in [1.82, 2.24) is 0 Å². The maximum Gasteiger partial charge on any atom is 0.331 e. The molecule has 0 aromatic carbocycles. The van der Waals surface area contributed by atoms with E-state index in [-0.39, 0.29) is 5.92 Å². The molecule has 0 aromatic heterocycles. The molecular formula is C13H22O2. The fraction of sp³-hybridized carbons (Fsp3) is 0.615. The first-order valence-corrected chi connectivity index (χ1v) is 5.69. The molecule has 0 spiro atoms. The van der Waals surface area contributed by atoms with Crippen LogP contribution < -0.4 is 0 Å². The number of carbonyl (C=O) groups is 1. The summed E-state index contributed by atoms with van der Waals surface area (Å²) in [6, 6.07) is 0. The predicted octanol–water partition coefficient (Wildman–Crippen LogP) is 3.79. The van der Waals surface area contributed by atoms with E-state index in [1.807, 2.05) is 26.0 Å². The van der Waals surface area contributed by atoms with Gasteiger partial charge in [-0.3, -0.25) is 0 Å². The lowest BCUT2D eigenvalue weighted by Gasteiger charge is -2.03. The maximum atomic E-state index is 10.8. The Labute approximate surface area is 92.7 Å². The Bertz CT molecular complexity index is 237. The summed E-state index contributed by atoms with van der Waals surface area (Å²) in [4.78, 5) is 10.8. The molecule has 0 aliphatic heterocycles. The van der Waals surface area contributed by atoms with Crippen LogP contribution in [0.25, 0.3) is 0 Å². The highest BCUT2D eigenvalue weighted by atomic mass is 16.4. The van der Waals surface area contributed by atoms with E-state index < -0.39 is 5.97 Å². The molecule has 0 bridgehead atoms. The van der Waals surface area contributed by atoms with Crippen molar-refractivity contribution in [2.45, 2.75) is 46.5 Å². The van der Waals surface area contributed by atoms with Crippen LogP contribution in [-0.4, -0.2) is 11.1 Å². The zero-order valence-corrected chi connectivity index (χ0v) is 9.99. The number of hydrogen-bond acceptors (Lipinski definition) is 1. The summed E-state index contributed by atoms with van der Waals surface area (Å²) in [5, 5.41) is 8.88. The average molecular weight is 210 g/mol. The van der Waals surface area contributed by atoms with Crippen molar-refractivity contribution in [2.24, 2.45) is 5.92 Å². The number of rotatable bonds is 7. The fourth-order valence-electron chi connectivity index (χ4n) is 1.29. The van der Waals surface area contributed by atoms with Gasteiger partial charge in [0, 0.05) is 5.57 Å². The van der Waals surface area contributed by atoms with E-state index in [0.717, 1.165) is 6.42 Å². The Hall–Kier alpha value is -1.05. The van der Waals surface area contributed by atoms with Gasteiger partial charge >= 0.3 is 5.97 Å². The molecule has 0 saturated carbocycles. The van der Waals surface area contributed by atoms with Crippen LogP contribution in [0.3, 0.4) is 0 Å². The van der Waals surface area contributed by atoms with Crippen molar-refractivity contribution < 1.29 is 9.90 Å². The lowest BCUT2D eigenvalue weighted by molar-refractivity contribution is -0.133. The monoisotopic (exact) mass is 210 g/mol. The van der Waals surface area contributed by atoms with Gasteiger partial charge in [0.2, 0.25) is 0 Å². The first-order chi connectivity index (χ1) is 7.09. The SMILES string of the molecule is CCCCCC=CC=C(C(=O)O)C(C)C. The van der Waals surface area contributed by atoms with Crippen molar-refractivity contribution in [1.29, 1.82) is 0 Å². The van der Waals surface area contributed by atoms with Gasteiger partial charge in [-0.1, -0.05) is 51.8 Å². The van der Waals surface area contributed by atoms with Gasteiger partial charge in [0.15, 0.2) is 0 Å². The van der Waals surface area contributed by atoms with Crippen molar-refractivity contribution in [3.05, 3.63) is 23.8 Å². The second kappa shape index (κ2) is 8.27. The van der Waals surface area contributed by atoms with Crippen LogP contribution in [0.5, 0.6) is 0 Å². The summed E-state index contributed by atoms with van der Waals surface area (Å²) in [7, 11) is 0. The average Bonchev–Trinajstić information content (AvgIpc) is 2.15. The predicted molar refractivity (Wildman–Crippen MR) is 63.8 cm³/mol. The van der Waals surface area contributed by atoms with E-state index in [2.05, 4.69) is 6.92 Å². The van der Waals surface area contributed by atoms with Crippen LogP contribution in [0.15, 0.2) is 23.8 Å². The summed E-state index contributed by atoms with van der Waals surface area (Å²) in [6.07, 6.45) is 10.3.